The van der Waals surface area contributed by atoms with Crippen LogP contribution < -0.4 is 0 Å². The number of fused-ring (bicyclic) bond motifs is 1. The van der Waals surface area contributed by atoms with Crippen LogP contribution in [0.3, 0.4) is 0 Å². The monoisotopic (exact) mass is 214 g/mol. The number of allylic oxidation sites excluding steroid dienone is 2. The summed E-state index contributed by atoms with van der Waals surface area (Å²) >= 11 is 3.63. The van der Waals surface area contributed by atoms with Crippen molar-refractivity contribution >= 4 is 15.9 Å². The van der Waals surface area contributed by atoms with E-state index in [1.54, 1.807) is 0 Å². The number of hydrogen-bond donors (Lipinski definition) is 0. The SMILES string of the molecule is C[C@@H]1C[C@H]2[C@@H](C=C1Br)C2(C)C. The van der Waals surface area contributed by atoms with E-state index in [2.05, 4.69) is 42.8 Å². The second-order valence-electron chi connectivity index (χ2n) is 4.64. The maximum absolute atomic E-state index is 3.63. The quantitative estimate of drug-likeness (QED) is 0.579. The van der Waals surface area contributed by atoms with E-state index in [4.69, 9.17) is 0 Å². The molecule has 0 saturated heterocycles. The zero-order valence-corrected chi connectivity index (χ0v) is 8.98. The fourth-order valence-corrected chi connectivity index (χ4v) is 2.87. The normalized spacial score (nSPS) is 46.2. The zero-order valence-electron chi connectivity index (χ0n) is 7.39. The molecule has 1 heteroatoms. The molecular formula is C10H15Br. The van der Waals surface area contributed by atoms with Crippen LogP contribution in [-0.2, 0) is 0 Å². The van der Waals surface area contributed by atoms with Crippen molar-refractivity contribution in [1.82, 2.24) is 0 Å². The molecule has 0 radical (unpaired) electrons. The van der Waals surface area contributed by atoms with Crippen LogP contribution in [0.25, 0.3) is 0 Å². The van der Waals surface area contributed by atoms with Gasteiger partial charge in [0, 0.05) is 0 Å². The first-order chi connectivity index (χ1) is 5.03. The summed E-state index contributed by atoms with van der Waals surface area (Å²) in [6, 6.07) is 0. The Bertz CT molecular complexity index is 215. The Hall–Kier alpha value is 0.220. The van der Waals surface area contributed by atoms with Gasteiger partial charge in [-0.15, -0.1) is 0 Å². The fraction of sp³-hybridized carbons (Fsp3) is 0.800. The lowest BCUT2D eigenvalue weighted by molar-refractivity contribution is 0.484. The van der Waals surface area contributed by atoms with Gasteiger partial charge in [0.15, 0.2) is 0 Å². The Morgan fingerprint density at radius 3 is 2.73 bits per heavy atom. The molecule has 1 fully saturated rings. The topological polar surface area (TPSA) is 0 Å². The molecule has 0 aliphatic heterocycles. The van der Waals surface area contributed by atoms with E-state index >= 15 is 0 Å². The lowest BCUT2D eigenvalue weighted by Crippen LogP contribution is -2.01. The highest BCUT2D eigenvalue weighted by atomic mass is 79.9. The molecule has 3 atom stereocenters. The molecule has 2 aliphatic rings. The number of hydrogen-bond acceptors (Lipinski definition) is 0. The molecule has 0 aromatic carbocycles. The van der Waals surface area contributed by atoms with Gasteiger partial charge in [0.25, 0.3) is 0 Å². The molecule has 0 spiro atoms. The van der Waals surface area contributed by atoms with Gasteiger partial charge in [0.1, 0.15) is 0 Å². The first kappa shape index (κ1) is 7.85. The maximum atomic E-state index is 3.63. The average molecular weight is 215 g/mol. The summed E-state index contributed by atoms with van der Waals surface area (Å²) in [5.74, 6) is 2.60. The minimum absolute atomic E-state index is 0.601. The van der Waals surface area contributed by atoms with E-state index in [9.17, 15) is 0 Å². The van der Waals surface area contributed by atoms with Crippen molar-refractivity contribution in [2.75, 3.05) is 0 Å². The molecule has 1 saturated carbocycles. The van der Waals surface area contributed by atoms with Gasteiger partial charge in [-0.2, -0.15) is 0 Å². The Morgan fingerprint density at radius 1 is 1.55 bits per heavy atom. The largest absolute Gasteiger partial charge is 0.0701 e. The molecule has 0 bridgehead atoms. The van der Waals surface area contributed by atoms with Gasteiger partial charge in [-0.25, -0.2) is 0 Å². The lowest BCUT2D eigenvalue weighted by Gasteiger charge is -2.14. The molecule has 11 heavy (non-hydrogen) atoms. The van der Waals surface area contributed by atoms with Gasteiger partial charge in [-0.05, 0) is 34.1 Å². The molecule has 0 heterocycles. The Morgan fingerprint density at radius 2 is 2.18 bits per heavy atom. The second kappa shape index (κ2) is 2.12. The van der Waals surface area contributed by atoms with Crippen molar-refractivity contribution in [2.45, 2.75) is 27.2 Å². The highest BCUT2D eigenvalue weighted by molar-refractivity contribution is 9.11. The number of rotatable bonds is 0. The Balaban J connectivity index is 2.22. The van der Waals surface area contributed by atoms with E-state index in [0.29, 0.717) is 5.41 Å². The van der Waals surface area contributed by atoms with E-state index in [1.165, 1.54) is 10.9 Å². The van der Waals surface area contributed by atoms with E-state index in [-0.39, 0.29) is 0 Å². The summed E-state index contributed by atoms with van der Waals surface area (Å²) in [6.07, 6.45) is 3.81. The van der Waals surface area contributed by atoms with Crippen LogP contribution in [0.1, 0.15) is 27.2 Å². The van der Waals surface area contributed by atoms with Crippen molar-refractivity contribution in [3.8, 4) is 0 Å². The van der Waals surface area contributed by atoms with Gasteiger partial charge in [-0.3, -0.25) is 0 Å². The summed E-state index contributed by atoms with van der Waals surface area (Å²) in [4.78, 5) is 0. The molecule has 0 nitrogen and oxygen atoms in total. The van der Waals surface area contributed by atoms with Gasteiger partial charge < -0.3 is 0 Å². The summed E-state index contributed by atoms with van der Waals surface area (Å²) in [7, 11) is 0. The van der Waals surface area contributed by atoms with Crippen LogP contribution >= 0.6 is 15.9 Å². The van der Waals surface area contributed by atoms with E-state index < -0.39 is 0 Å². The second-order valence-corrected chi connectivity index (χ2v) is 5.56. The van der Waals surface area contributed by atoms with Gasteiger partial charge in [0.05, 0.1) is 0 Å². The smallest absolute Gasteiger partial charge is 0.00578 e. The summed E-state index contributed by atoms with van der Waals surface area (Å²) in [5, 5.41) is 0. The summed E-state index contributed by atoms with van der Waals surface area (Å²) in [5.41, 5.74) is 0.601. The van der Waals surface area contributed by atoms with E-state index in [1.807, 2.05) is 0 Å². The van der Waals surface area contributed by atoms with Crippen molar-refractivity contribution in [1.29, 1.82) is 0 Å². The van der Waals surface area contributed by atoms with Crippen molar-refractivity contribution in [3.05, 3.63) is 10.6 Å². The lowest BCUT2D eigenvalue weighted by atomic mass is 9.97. The van der Waals surface area contributed by atoms with Gasteiger partial charge in [-0.1, -0.05) is 42.8 Å². The average Bonchev–Trinajstić information content (AvgIpc) is 2.39. The van der Waals surface area contributed by atoms with Gasteiger partial charge in [0.2, 0.25) is 0 Å². The Labute approximate surface area is 77.2 Å². The molecule has 62 valence electrons. The van der Waals surface area contributed by atoms with Crippen molar-refractivity contribution < 1.29 is 0 Å². The van der Waals surface area contributed by atoms with Crippen LogP contribution in [0.15, 0.2) is 10.6 Å². The van der Waals surface area contributed by atoms with Crippen LogP contribution in [-0.4, -0.2) is 0 Å². The third-order valence-corrected chi connectivity index (χ3v) is 4.60. The number of halogens is 1. The first-order valence-electron chi connectivity index (χ1n) is 4.40. The van der Waals surface area contributed by atoms with Crippen molar-refractivity contribution in [3.63, 3.8) is 0 Å². The third kappa shape index (κ3) is 1.00. The molecule has 0 aromatic heterocycles. The van der Waals surface area contributed by atoms with Crippen LogP contribution in [0, 0.1) is 23.2 Å². The van der Waals surface area contributed by atoms with Crippen LogP contribution in [0.5, 0.6) is 0 Å². The zero-order chi connectivity index (χ0) is 8.22. The fourth-order valence-electron chi connectivity index (χ4n) is 2.40. The van der Waals surface area contributed by atoms with Crippen LogP contribution in [0.2, 0.25) is 0 Å². The standard InChI is InChI=1S/C10H15Br/c1-6-4-7-8(5-9(6)11)10(7,2)3/h5-8H,4H2,1-3H3/t6-,7+,8-/m1/s1. The highest BCUT2D eigenvalue weighted by Gasteiger charge is 2.57. The molecule has 0 aromatic rings. The van der Waals surface area contributed by atoms with Crippen molar-refractivity contribution in [2.24, 2.45) is 23.2 Å². The minimum Gasteiger partial charge on any atom is -0.0701 e. The predicted molar refractivity (Wildman–Crippen MR) is 51.6 cm³/mol. The predicted octanol–water partition coefficient (Wildman–Crippen LogP) is 3.58. The Kier molecular flexibility index (Phi) is 1.52. The highest BCUT2D eigenvalue weighted by Crippen LogP contribution is 2.65. The van der Waals surface area contributed by atoms with Gasteiger partial charge >= 0.3 is 0 Å². The molecule has 2 aliphatic carbocycles. The molecular weight excluding hydrogens is 200 g/mol. The summed E-state index contributed by atoms with van der Waals surface area (Å²) in [6.45, 7) is 7.08. The molecule has 0 unspecified atom stereocenters. The van der Waals surface area contributed by atoms with E-state index in [0.717, 1.165) is 17.8 Å². The maximum Gasteiger partial charge on any atom is -0.00578 e. The third-order valence-electron chi connectivity index (χ3n) is 3.56. The molecule has 2 rings (SSSR count). The summed E-state index contributed by atoms with van der Waals surface area (Å²) < 4.78 is 1.43. The molecule has 0 amide bonds. The van der Waals surface area contributed by atoms with Crippen LogP contribution in [0.4, 0.5) is 0 Å². The first-order valence-corrected chi connectivity index (χ1v) is 5.20. The minimum atomic E-state index is 0.601. The molecule has 0 N–H and O–H groups in total.